The van der Waals surface area contributed by atoms with E-state index in [9.17, 15) is 0 Å². The normalized spacial score (nSPS) is 11.6. The van der Waals surface area contributed by atoms with Crippen LogP contribution >= 0.6 is 0 Å². The fourth-order valence-electron chi connectivity index (χ4n) is 5.42. The Bertz CT molecular complexity index is 2130. The van der Waals surface area contributed by atoms with Crippen LogP contribution < -0.4 is 4.90 Å². The zero-order valence-corrected chi connectivity index (χ0v) is 20.9. The molecule has 8 aromatic rings. The predicted molar refractivity (Wildman–Crippen MR) is 159 cm³/mol. The molecule has 0 aliphatic carbocycles. The van der Waals surface area contributed by atoms with Crippen molar-refractivity contribution in [1.82, 2.24) is 4.98 Å². The topological polar surface area (TPSA) is 42.4 Å². The molecule has 0 saturated heterocycles. The molecular weight excluding hydrogens is 480 g/mol. The zero-order valence-electron chi connectivity index (χ0n) is 20.9. The van der Waals surface area contributed by atoms with Crippen molar-refractivity contribution in [3.63, 3.8) is 0 Å². The first kappa shape index (κ1) is 21.7. The molecule has 4 nitrogen and oxygen atoms in total. The third-order valence-corrected chi connectivity index (χ3v) is 7.27. The highest BCUT2D eigenvalue weighted by Gasteiger charge is 2.17. The molecule has 0 aliphatic heterocycles. The van der Waals surface area contributed by atoms with Crippen LogP contribution in [0.4, 0.5) is 17.1 Å². The van der Waals surface area contributed by atoms with Crippen LogP contribution in [0.5, 0.6) is 0 Å². The standard InChI is InChI=1S/C35H22N2O2/c1-3-9-23(10-4-1)35-36-31-20-15-24-21-26(16-18-28(24)34(31)39-35)37(25-11-5-2-6-12-25)27-17-19-30-29-13-7-8-14-32(29)38-33(30)22-27/h1-22H. The van der Waals surface area contributed by atoms with Crippen molar-refractivity contribution in [1.29, 1.82) is 0 Å². The molecule has 8 rings (SSSR count). The first-order chi connectivity index (χ1) is 19.3. The molecule has 0 saturated carbocycles. The lowest BCUT2D eigenvalue weighted by Crippen LogP contribution is -2.09. The summed E-state index contributed by atoms with van der Waals surface area (Å²) in [6, 6.07) is 45.6. The minimum Gasteiger partial charge on any atom is -0.456 e. The molecule has 6 aromatic carbocycles. The maximum atomic E-state index is 6.28. The van der Waals surface area contributed by atoms with Crippen molar-refractivity contribution in [2.75, 3.05) is 4.90 Å². The van der Waals surface area contributed by atoms with Crippen molar-refractivity contribution in [2.24, 2.45) is 0 Å². The number of anilines is 3. The maximum absolute atomic E-state index is 6.28. The molecule has 0 amide bonds. The zero-order chi connectivity index (χ0) is 25.8. The van der Waals surface area contributed by atoms with E-state index in [-0.39, 0.29) is 0 Å². The van der Waals surface area contributed by atoms with Gasteiger partial charge in [0.15, 0.2) is 5.58 Å². The monoisotopic (exact) mass is 502 g/mol. The fraction of sp³-hybridized carbons (Fsp3) is 0. The van der Waals surface area contributed by atoms with E-state index in [1.807, 2.05) is 60.7 Å². The second-order valence-electron chi connectivity index (χ2n) is 9.65. The van der Waals surface area contributed by atoms with Crippen molar-refractivity contribution >= 4 is 60.9 Å². The first-order valence-electron chi connectivity index (χ1n) is 13.0. The molecule has 39 heavy (non-hydrogen) atoms. The Balaban J connectivity index is 1.29. The van der Waals surface area contributed by atoms with Gasteiger partial charge in [0.05, 0.1) is 0 Å². The lowest BCUT2D eigenvalue weighted by atomic mass is 10.1. The second kappa shape index (κ2) is 8.61. The summed E-state index contributed by atoms with van der Waals surface area (Å²) in [4.78, 5) is 7.00. The quantitative estimate of drug-likeness (QED) is 0.240. The van der Waals surface area contributed by atoms with Crippen LogP contribution in [-0.4, -0.2) is 4.98 Å². The molecule has 4 heteroatoms. The number of oxazole rings is 1. The lowest BCUT2D eigenvalue weighted by molar-refractivity contribution is 0.623. The maximum Gasteiger partial charge on any atom is 0.227 e. The smallest absolute Gasteiger partial charge is 0.227 e. The average molecular weight is 503 g/mol. The van der Waals surface area contributed by atoms with Gasteiger partial charge in [0.2, 0.25) is 5.89 Å². The lowest BCUT2D eigenvalue weighted by Gasteiger charge is -2.25. The van der Waals surface area contributed by atoms with Gasteiger partial charge in [-0.15, -0.1) is 0 Å². The second-order valence-corrected chi connectivity index (χ2v) is 9.65. The molecule has 0 spiro atoms. The number of hydrogen-bond acceptors (Lipinski definition) is 4. The van der Waals surface area contributed by atoms with Gasteiger partial charge < -0.3 is 13.7 Å². The molecular formula is C35H22N2O2. The van der Waals surface area contributed by atoms with Crippen LogP contribution in [0.1, 0.15) is 0 Å². The Kier molecular flexibility index (Phi) is 4.79. The summed E-state index contributed by atoms with van der Waals surface area (Å²) in [7, 11) is 0. The van der Waals surface area contributed by atoms with E-state index in [2.05, 4.69) is 77.7 Å². The molecule has 0 bridgehead atoms. The highest BCUT2D eigenvalue weighted by molar-refractivity contribution is 6.07. The van der Waals surface area contributed by atoms with Crippen LogP contribution in [0.3, 0.4) is 0 Å². The van der Waals surface area contributed by atoms with Gasteiger partial charge in [-0.3, -0.25) is 0 Å². The first-order valence-corrected chi connectivity index (χ1v) is 13.0. The molecule has 2 aromatic heterocycles. The Hall–Kier alpha value is -5.35. The van der Waals surface area contributed by atoms with E-state index in [1.54, 1.807) is 0 Å². The van der Waals surface area contributed by atoms with Crippen LogP contribution in [0.15, 0.2) is 142 Å². The molecule has 0 radical (unpaired) electrons. The number of nitrogens with zero attached hydrogens (tertiary/aromatic N) is 2. The van der Waals surface area contributed by atoms with Crippen LogP contribution in [0.25, 0.3) is 55.3 Å². The summed E-state index contributed by atoms with van der Waals surface area (Å²) < 4.78 is 12.5. The Morgan fingerprint density at radius 1 is 0.487 bits per heavy atom. The van der Waals surface area contributed by atoms with Crippen molar-refractivity contribution < 1.29 is 8.83 Å². The number of fused-ring (bicyclic) bond motifs is 6. The highest BCUT2D eigenvalue weighted by atomic mass is 16.3. The van der Waals surface area contributed by atoms with Gasteiger partial charge in [-0.1, -0.05) is 60.7 Å². The van der Waals surface area contributed by atoms with Gasteiger partial charge >= 0.3 is 0 Å². The van der Waals surface area contributed by atoms with Gasteiger partial charge in [0, 0.05) is 44.9 Å². The molecule has 0 fully saturated rings. The van der Waals surface area contributed by atoms with Gasteiger partial charge in [-0.05, 0) is 72.1 Å². The van der Waals surface area contributed by atoms with Crippen molar-refractivity contribution in [2.45, 2.75) is 0 Å². The number of hydrogen-bond donors (Lipinski definition) is 0. The molecule has 2 heterocycles. The van der Waals surface area contributed by atoms with Crippen molar-refractivity contribution in [3.8, 4) is 11.5 Å². The number of furan rings is 1. The number of para-hydroxylation sites is 2. The molecule has 184 valence electrons. The van der Waals surface area contributed by atoms with E-state index in [4.69, 9.17) is 13.8 Å². The molecule has 0 aliphatic rings. The molecule has 0 atom stereocenters. The Morgan fingerprint density at radius 2 is 1.18 bits per heavy atom. The third kappa shape index (κ3) is 3.57. The third-order valence-electron chi connectivity index (χ3n) is 7.27. The Morgan fingerprint density at radius 3 is 2.03 bits per heavy atom. The minimum absolute atomic E-state index is 0.632. The van der Waals surface area contributed by atoms with Gasteiger partial charge in [0.1, 0.15) is 16.7 Å². The summed E-state index contributed by atoms with van der Waals surface area (Å²) >= 11 is 0. The summed E-state index contributed by atoms with van der Waals surface area (Å²) in [5.74, 6) is 0.632. The molecule has 0 unspecified atom stereocenters. The number of benzene rings is 6. The largest absolute Gasteiger partial charge is 0.456 e. The summed E-state index contributed by atoms with van der Waals surface area (Å²) in [5, 5.41) is 4.36. The van der Waals surface area contributed by atoms with Gasteiger partial charge in [-0.25, -0.2) is 4.98 Å². The highest BCUT2D eigenvalue weighted by Crippen LogP contribution is 2.40. The SMILES string of the molecule is c1ccc(-c2nc3ccc4cc(N(c5ccccc5)c5ccc6c(c5)oc5ccccc56)ccc4c3o2)cc1. The van der Waals surface area contributed by atoms with Crippen LogP contribution in [0, 0.1) is 0 Å². The summed E-state index contributed by atoms with van der Waals surface area (Å²) in [6.45, 7) is 0. The van der Waals surface area contributed by atoms with Gasteiger partial charge in [0.25, 0.3) is 0 Å². The minimum atomic E-state index is 0.632. The predicted octanol–water partition coefficient (Wildman–Crippen LogP) is 10.0. The van der Waals surface area contributed by atoms with Crippen LogP contribution in [-0.2, 0) is 0 Å². The number of aromatic nitrogens is 1. The van der Waals surface area contributed by atoms with E-state index in [0.717, 1.165) is 66.4 Å². The Labute approximate surface area is 224 Å². The fourth-order valence-corrected chi connectivity index (χ4v) is 5.42. The van der Waals surface area contributed by atoms with E-state index in [0.29, 0.717) is 5.89 Å². The van der Waals surface area contributed by atoms with E-state index >= 15 is 0 Å². The van der Waals surface area contributed by atoms with Crippen molar-refractivity contribution in [3.05, 3.63) is 133 Å². The van der Waals surface area contributed by atoms with Gasteiger partial charge in [-0.2, -0.15) is 0 Å². The van der Waals surface area contributed by atoms with E-state index in [1.165, 1.54) is 0 Å². The summed E-state index contributed by atoms with van der Waals surface area (Å²) in [5.41, 5.74) is 7.52. The number of rotatable bonds is 4. The van der Waals surface area contributed by atoms with Crippen LogP contribution in [0.2, 0.25) is 0 Å². The summed E-state index contributed by atoms with van der Waals surface area (Å²) in [6.07, 6.45) is 0. The molecule has 0 N–H and O–H groups in total. The van der Waals surface area contributed by atoms with E-state index < -0.39 is 0 Å². The average Bonchev–Trinajstić information content (AvgIpc) is 3.60.